The smallest absolute Gasteiger partial charge is 0.316 e. The van der Waals surface area contributed by atoms with Crippen LogP contribution in [0.2, 0.25) is 0 Å². The minimum atomic E-state index is -0.374. The van der Waals surface area contributed by atoms with Crippen molar-refractivity contribution in [1.29, 1.82) is 5.26 Å². The van der Waals surface area contributed by atoms with Gasteiger partial charge in [-0.3, -0.25) is 9.59 Å². The van der Waals surface area contributed by atoms with Crippen molar-refractivity contribution in [2.75, 3.05) is 12.4 Å². The molecule has 1 aromatic rings. The van der Waals surface area contributed by atoms with Crippen LogP contribution in [0.25, 0.3) is 0 Å². The van der Waals surface area contributed by atoms with E-state index in [2.05, 4.69) is 4.98 Å². The summed E-state index contributed by atoms with van der Waals surface area (Å²) in [4.78, 5) is 26.5. The Labute approximate surface area is 109 Å². The largest absolute Gasteiger partial charge is 0.465 e. The molecule has 0 saturated carbocycles. The summed E-state index contributed by atoms with van der Waals surface area (Å²) in [7, 11) is 0. The number of hydrogen-bond donors (Lipinski definition) is 0. The topological polar surface area (TPSA) is 80.0 Å². The number of nitrogens with zero attached hydrogens (tertiary/aromatic N) is 2. The Bertz CT molecular complexity index is 509. The number of hydrogen-bond acceptors (Lipinski definition) is 6. The Kier molecular flexibility index (Phi) is 5.33. The number of carbonyl (C=O) groups is 2. The van der Waals surface area contributed by atoms with Crippen LogP contribution < -0.4 is 0 Å². The number of ketones is 1. The second-order valence-electron chi connectivity index (χ2n) is 3.31. The Morgan fingerprint density at radius 1 is 1.50 bits per heavy atom. The van der Waals surface area contributed by atoms with Gasteiger partial charge in [0.25, 0.3) is 0 Å². The highest BCUT2D eigenvalue weighted by Gasteiger charge is 2.11. The standard InChI is InChI=1S/C12H12N2O3S/c1-3-17-11(16)7-18-12-9(6-13)4-5-10(14-12)8(2)15/h4-5H,3,7H2,1-2H3. The molecule has 0 aromatic carbocycles. The fourth-order valence-corrected chi connectivity index (χ4v) is 1.93. The van der Waals surface area contributed by atoms with E-state index in [1.54, 1.807) is 6.92 Å². The highest BCUT2D eigenvalue weighted by molar-refractivity contribution is 7.99. The van der Waals surface area contributed by atoms with Gasteiger partial charge in [0.15, 0.2) is 5.78 Å². The predicted molar refractivity (Wildman–Crippen MR) is 66.3 cm³/mol. The third-order valence-corrected chi connectivity index (χ3v) is 2.94. The fraction of sp³-hybridized carbons (Fsp3) is 0.333. The van der Waals surface area contributed by atoms with Crippen molar-refractivity contribution in [3.63, 3.8) is 0 Å². The quantitative estimate of drug-likeness (QED) is 0.458. The molecule has 94 valence electrons. The SMILES string of the molecule is CCOC(=O)CSc1nc(C(C)=O)ccc1C#N. The van der Waals surface area contributed by atoms with Gasteiger partial charge in [-0.2, -0.15) is 5.26 Å². The van der Waals surface area contributed by atoms with Gasteiger partial charge in [-0.25, -0.2) is 4.98 Å². The van der Waals surface area contributed by atoms with Gasteiger partial charge in [0, 0.05) is 6.92 Å². The lowest BCUT2D eigenvalue weighted by Crippen LogP contribution is -2.07. The van der Waals surface area contributed by atoms with Crippen molar-refractivity contribution in [3.8, 4) is 6.07 Å². The Hall–Kier alpha value is -1.87. The van der Waals surface area contributed by atoms with Gasteiger partial charge in [0.2, 0.25) is 0 Å². The number of nitriles is 1. The number of carbonyl (C=O) groups excluding carboxylic acids is 2. The van der Waals surface area contributed by atoms with Crippen LogP contribution in [-0.4, -0.2) is 29.1 Å². The Balaban J connectivity index is 2.86. The lowest BCUT2D eigenvalue weighted by molar-refractivity contribution is -0.139. The molecule has 0 radical (unpaired) electrons. The van der Waals surface area contributed by atoms with Crippen LogP contribution in [0.5, 0.6) is 0 Å². The summed E-state index contributed by atoms with van der Waals surface area (Å²) in [5.74, 6) is -0.490. The van der Waals surface area contributed by atoms with Gasteiger partial charge in [0.05, 0.1) is 17.9 Å². The normalized spacial score (nSPS) is 9.61. The zero-order chi connectivity index (χ0) is 13.5. The summed E-state index contributed by atoms with van der Waals surface area (Å²) in [6, 6.07) is 4.99. The molecule has 18 heavy (non-hydrogen) atoms. The number of thioether (sulfide) groups is 1. The van der Waals surface area contributed by atoms with E-state index in [4.69, 9.17) is 10.00 Å². The van der Waals surface area contributed by atoms with Gasteiger partial charge in [0.1, 0.15) is 16.8 Å². The van der Waals surface area contributed by atoms with Gasteiger partial charge < -0.3 is 4.74 Å². The highest BCUT2D eigenvalue weighted by Crippen LogP contribution is 2.20. The molecule has 0 amide bonds. The molecule has 0 fully saturated rings. The lowest BCUT2D eigenvalue weighted by atomic mass is 10.2. The maximum absolute atomic E-state index is 11.2. The summed E-state index contributed by atoms with van der Waals surface area (Å²) >= 11 is 1.09. The average molecular weight is 264 g/mol. The number of ether oxygens (including phenoxy) is 1. The molecule has 0 aliphatic carbocycles. The minimum absolute atomic E-state index is 0.0663. The number of esters is 1. The number of rotatable bonds is 5. The molecule has 0 saturated heterocycles. The maximum atomic E-state index is 11.2. The molecule has 5 nitrogen and oxygen atoms in total. The molecule has 0 unspecified atom stereocenters. The van der Waals surface area contributed by atoms with Crippen LogP contribution in [0.15, 0.2) is 17.2 Å². The van der Waals surface area contributed by atoms with E-state index in [1.807, 2.05) is 6.07 Å². The van der Waals surface area contributed by atoms with E-state index < -0.39 is 0 Å². The Morgan fingerprint density at radius 3 is 2.78 bits per heavy atom. The van der Waals surface area contributed by atoms with Crippen molar-refractivity contribution in [2.24, 2.45) is 0 Å². The van der Waals surface area contributed by atoms with Crippen LogP contribution in [0.1, 0.15) is 29.9 Å². The van der Waals surface area contributed by atoms with Crippen LogP contribution >= 0.6 is 11.8 Å². The molecule has 0 spiro atoms. The lowest BCUT2D eigenvalue weighted by Gasteiger charge is -2.04. The fourth-order valence-electron chi connectivity index (χ4n) is 1.16. The van der Waals surface area contributed by atoms with E-state index in [0.29, 0.717) is 17.2 Å². The second-order valence-corrected chi connectivity index (χ2v) is 4.27. The van der Waals surface area contributed by atoms with E-state index in [1.165, 1.54) is 19.1 Å². The molecule has 0 aliphatic rings. The van der Waals surface area contributed by atoms with Gasteiger partial charge >= 0.3 is 5.97 Å². The predicted octanol–water partition coefficient (Wildman–Crippen LogP) is 1.81. The molecule has 0 aliphatic heterocycles. The van der Waals surface area contributed by atoms with Crippen molar-refractivity contribution in [3.05, 3.63) is 23.4 Å². The van der Waals surface area contributed by atoms with E-state index in [9.17, 15) is 9.59 Å². The van der Waals surface area contributed by atoms with Crippen LogP contribution in [-0.2, 0) is 9.53 Å². The molecule has 0 atom stereocenters. The number of Topliss-reactive ketones (excluding diaryl/α,β-unsaturated/α-hetero) is 1. The van der Waals surface area contributed by atoms with E-state index in [0.717, 1.165) is 11.8 Å². The molecule has 0 bridgehead atoms. The molecule has 1 heterocycles. The van der Waals surface area contributed by atoms with Crippen molar-refractivity contribution in [1.82, 2.24) is 4.98 Å². The molecule has 1 aromatic heterocycles. The molecular weight excluding hydrogens is 252 g/mol. The molecular formula is C12H12N2O3S. The minimum Gasteiger partial charge on any atom is -0.465 e. The molecule has 0 N–H and O–H groups in total. The molecule has 6 heteroatoms. The Morgan fingerprint density at radius 2 is 2.22 bits per heavy atom. The third kappa shape index (κ3) is 3.86. The van der Waals surface area contributed by atoms with Crippen LogP contribution in [0, 0.1) is 11.3 Å². The van der Waals surface area contributed by atoms with Gasteiger partial charge in [-0.15, -0.1) is 0 Å². The first kappa shape index (κ1) is 14.2. The summed E-state index contributed by atoms with van der Waals surface area (Å²) in [5.41, 5.74) is 0.620. The monoisotopic (exact) mass is 264 g/mol. The van der Waals surface area contributed by atoms with Gasteiger partial charge in [-0.1, -0.05) is 11.8 Å². The number of aromatic nitrogens is 1. The first-order valence-corrected chi connectivity index (χ1v) is 6.27. The second kappa shape index (κ2) is 6.77. The van der Waals surface area contributed by atoms with Crippen molar-refractivity contribution in [2.45, 2.75) is 18.9 Å². The van der Waals surface area contributed by atoms with Gasteiger partial charge in [-0.05, 0) is 19.1 Å². The third-order valence-electron chi connectivity index (χ3n) is 1.97. The van der Waals surface area contributed by atoms with Crippen molar-refractivity contribution >= 4 is 23.5 Å². The van der Waals surface area contributed by atoms with E-state index >= 15 is 0 Å². The first-order valence-electron chi connectivity index (χ1n) is 5.29. The number of pyridine rings is 1. The van der Waals surface area contributed by atoms with Crippen LogP contribution in [0.3, 0.4) is 0 Å². The highest BCUT2D eigenvalue weighted by atomic mass is 32.2. The molecule has 1 rings (SSSR count). The zero-order valence-corrected chi connectivity index (χ0v) is 10.9. The summed E-state index contributed by atoms with van der Waals surface area (Å²) in [6.07, 6.45) is 0. The van der Waals surface area contributed by atoms with Crippen LogP contribution in [0.4, 0.5) is 0 Å². The zero-order valence-electron chi connectivity index (χ0n) is 10.1. The maximum Gasteiger partial charge on any atom is 0.316 e. The summed E-state index contributed by atoms with van der Waals surface area (Å²) in [6.45, 7) is 3.43. The van der Waals surface area contributed by atoms with E-state index in [-0.39, 0.29) is 23.2 Å². The average Bonchev–Trinajstić information content (AvgIpc) is 2.36. The van der Waals surface area contributed by atoms with Crippen molar-refractivity contribution < 1.29 is 14.3 Å². The summed E-state index contributed by atoms with van der Waals surface area (Å²) in [5, 5.41) is 9.29. The first-order chi connectivity index (χ1) is 8.58. The summed E-state index contributed by atoms with van der Waals surface area (Å²) < 4.78 is 4.78.